The van der Waals surface area contributed by atoms with Gasteiger partial charge in [0.1, 0.15) is 12.3 Å². The number of aliphatic hydroxyl groups excluding tert-OH is 1. The quantitative estimate of drug-likeness (QED) is 0.0985. The van der Waals surface area contributed by atoms with E-state index in [1.54, 1.807) is 0 Å². The number of likely N-dealkylation sites (N-methyl/N-ethyl adjacent to an activating group) is 1. The van der Waals surface area contributed by atoms with E-state index in [9.17, 15) is 19.8 Å². The van der Waals surface area contributed by atoms with Gasteiger partial charge in [0, 0.05) is 12.4 Å². The van der Waals surface area contributed by atoms with Gasteiger partial charge in [-0.1, -0.05) is 64.4 Å². The lowest BCUT2D eigenvalue weighted by atomic mass is 10.1. The summed E-state index contributed by atoms with van der Waals surface area (Å²) in [6.07, 6.45) is 15.3. The number of carbonyl (C=O) groups is 2. The molecule has 0 aliphatic rings. The molecule has 0 saturated carbocycles. The van der Waals surface area contributed by atoms with Gasteiger partial charge in [-0.3, -0.25) is 0 Å². The van der Waals surface area contributed by atoms with Crippen molar-refractivity contribution in [3.05, 3.63) is 24.0 Å². The van der Waals surface area contributed by atoms with Gasteiger partial charge in [-0.15, -0.1) is 0 Å². The number of unbranched alkanes of at least 4 members (excludes halogenated alkanes) is 9. The molecule has 0 rings (SSSR count). The van der Waals surface area contributed by atoms with Crippen molar-refractivity contribution < 1.29 is 29.0 Å². The first kappa shape index (κ1) is 27.2. The summed E-state index contributed by atoms with van der Waals surface area (Å²) in [4.78, 5) is 22.8. The van der Waals surface area contributed by atoms with Crippen molar-refractivity contribution in [1.29, 1.82) is 0 Å². The second-order valence-corrected chi connectivity index (χ2v) is 8.70. The van der Waals surface area contributed by atoms with Crippen molar-refractivity contribution in [1.82, 2.24) is 0 Å². The van der Waals surface area contributed by atoms with Crippen LogP contribution < -0.4 is 5.11 Å². The van der Waals surface area contributed by atoms with E-state index in [-0.39, 0.29) is 12.2 Å². The standard InChI is InChI=1S/C23H41NO5/c1-5-6-7-8-9-10-11-12-13-14-15-16-20(25)17-23(28)29-21(18-22(26)27)19-24(2,3)4/h15-17,21H,5-14,18-19H2,1-4H3,(H-,25,26,27,28). The van der Waals surface area contributed by atoms with Crippen LogP contribution in [0.4, 0.5) is 0 Å². The molecule has 0 aliphatic carbocycles. The Balaban J connectivity index is 4.12. The maximum atomic E-state index is 11.9. The van der Waals surface area contributed by atoms with E-state index < -0.39 is 18.0 Å². The summed E-state index contributed by atoms with van der Waals surface area (Å²) in [5.74, 6) is -2.22. The zero-order valence-corrected chi connectivity index (χ0v) is 18.8. The number of esters is 1. The molecule has 0 aliphatic heterocycles. The topological polar surface area (TPSA) is 86.7 Å². The summed E-state index contributed by atoms with van der Waals surface area (Å²) < 4.78 is 5.61. The number of aliphatic carboxylic acids is 1. The minimum atomic E-state index is -1.27. The van der Waals surface area contributed by atoms with Gasteiger partial charge in [0.15, 0.2) is 6.10 Å². The van der Waals surface area contributed by atoms with Gasteiger partial charge in [-0.25, -0.2) is 4.79 Å². The largest absolute Gasteiger partial charge is 0.550 e. The lowest BCUT2D eigenvalue weighted by molar-refractivity contribution is -0.873. The Kier molecular flexibility index (Phi) is 15.0. The van der Waals surface area contributed by atoms with Crippen molar-refractivity contribution in [2.75, 3.05) is 27.7 Å². The molecule has 0 bridgehead atoms. The van der Waals surface area contributed by atoms with Gasteiger partial charge >= 0.3 is 5.97 Å². The second kappa shape index (κ2) is 16.0. The first-order valence-electron chi connectivity index (χ1n) is 10.9. The number of ether oxygens (including phenoxy) is 1. The summed E-state index contributed by atoms with van der Waals surface area (Å²) in [5, 5.41) is 20.7. The molecule has 168 valence electrons. The molecule has 0 amide bonds. The van der Waals surface area contributed by atoms with Crippen molar-refractivity contribution in [2.45, 2.75) is 83.7 Å². The molecule has 1 atom stereocenters. The van der Waals surface area contributed by atoms with Crippen molar-refractivity contribution in [3.8, 4) is 0 Å². The number of carboxylic acids is 1. The highest BCUT2D eigenvalue weighted by Gasteiger charge is 2.21. The van der Waals surface area contributed by atoms with Crippen LogP contribution in [0.3, 0.4) is 0 Å². The Bertz CT molecular complexity index is 520. The molecule has 6 heteroatoms. The van der Waals surface area contributed by atoms with Crippen LogP contribution in [0.1, 0.15) is 77.6 Å². The molecule has 0 spiro atoms. The van der Waals surface area contributed by atoms with E-state index >= 15 is 0 Å². The van der Waals surface area contributed by atoms with Crippen molar-refractivity contribution in [2.24, 2.45) is 0 Å². The molecule has 1 unspecified atom stereocenters. The third kappa shape index (κ3) is 19.3. The van der Waals surface area contributed by atoms with Gasteiger partial charge < -0.3 is 24.2 Å². The van der Waals surface area contributed by atoms with Crippen LogP contribution in [0, 0.1) is 0 Å². The van der Waals surface area contributed by atoms with Crippen molar-refractivity contribution >= 4 is 11.9 Å². The number of rotatable bonds is 17. The van der Waals surface area contributed by atoms with Crippen LogP contribution in [0.25, 0.3) is 0 Å². The number of hydrogen-bond acceptors (Lipinski definition) is 5. The molecule has 0 fully saturated rings. The minimum Gasteiger partial charge on any atom is -0.550 e. The van der Waals surface area contributed by atoms with Crippen LogP contribution >= 0.6 is 0 Å². The monoisotopic (exact) mass is 411 g/mol. The second-order valence-electron chi connectivity index (χ2n) is 8.70. The Morgan fingerprint density at radius 2 is 1.55 bits per heavy atom. The maximum absolute atomic E-state index is 11.9. The lowest BCUT2D eigenvalue weighted by Gasteiger charge is -2.29. The highest BCUT2D eigenvalue weighted by Crippen LogP contribution is 2.11. The maximum Gasteiger partial charge on any atom is 0.334 e. The molecule has 6 nitrogen and oxygen atoms in total. The Morgan fingerprint density at radius 1 is 1.00 bits per heavy atom. The van der Waals surface area contributed by atoms with Crippen LogP contribution in [-0.4, -0.2) is 55.3 Å². The molecule has 0 aromatic carbocycles. The Labute approximate surface area is 176 Å². The fourth-order valence-corrected chi connectivity index (χ4v) is 3.08. The van der Waals surface area contributed by atoms with Crippen molar-refractivity contribution in [3.63, 3.8) is 0 Å². The van der Waals surface area contributed by atoms with E-state index in [0.29, 0.717) is 11.0 Å². The molecule has 29 heavy (non-hydrogen) atoms. The first-order chi connectivity index (χ1) is 13.6. The average Bonchev–Trinajstić information content (AvgIpc) is 2.57. The summed E-state index contributed by atoms with van der Waals surface area (Å²) >= 11 is 0. The van der Waals surface area contributed by atoms with Gasteiger partial charge in [0.05, 0.1) is 27.2 Å². The van der Waals surface area contributed by atoms with Crippen LogP contribution in [0.2, 0.25) is 0 Å². The zero-order valence-electron chi connectivity index (χ0n) is 18.8. The van der Waals surface area contributed by atoms with Crippen LogP contribution in [0.15, 0.2) is 24.0 Å². The number of carbonyl (C=O) groups excluding carboxylic acids is 2. The molecular formula is C23H41NO5. The summed E-state index contributed by atoms with van der Waals surface area (Å²) in [6.45, 7) is 2.56. The molecular weight excluding hydrogens is 370 g/mol. The Hall–Kier alpha value is -1.82. The number of nitrogens with zero attached hydrogens (tertiary/aromatic N) is 1. The SMILES string of the molecule is CCCCCCCCCCCC=CC(O)=CC(=O)OC(CC(=O)[O-])C[N+](C)(C)C. The lowest BCUT2D eigenvalue weighted by Crippen LogP contribution is -2.45. The van der Waals surface area contributed by atoms with E-state index in [2.05, 4.69) is 6.92 Å². The van der Waals surface area contributed by atoms with Gasteiger partial charge in [-0.2, -0.15) is 0 Å². The Morgan fingerprint density at radius 3 is 2.07 bits per heavy atom. The van der Waals surface area contributed by atoms with E-state index in [4.69, 9.17) is 4.74 Å². The fourth-order valence-electron chi connectivity index (χ4n) is 3.08. The fraction of sp³-hybridized carbons (Fsp3) is 0.739. The minimum absolute atomic E-state index is 0.191. The summed E-state index contributed by atoms with van der Waals surface area (Å²) in [7, 11) is 5.62. The van der Waals surface area contributed by atoms with Gasteiger partial charge in [0.25, 0.3) is 0 Å². The van der Waals surface area contributed by atoms with Gasteiger partial charge in [-0.05, 0) is 18.9 Å². The third-order valence-corrected chi connectivity index (χ3v) is 4.46. The molecule has 0 aromatic heterocycles. The molecule has 0 saturated heterocycles. The number of hydrogen-bond donors (Lipinski definition) is 1. The van der Waals surface area contributed by atoms with Crippen LogP contribution in [0.5, 0.6) is 0 Å². The van der Waals surface area contributed by atoms with E-state index in [0.717, 1.165) is 18.9 Å². The summed E-state index contributed by atoms with van der Waals surface area (Å²) in [6, 6.07) is 0. The predicted molar refractivity (Wildman–Crippen MR) is 114 cm³/mol. The number of allylic oxidation sites excluding steroid dienone is 2. The molecule has 0 aromatic rings. The number of carboxylic acid groups (broad SMARTS) is 1. The zero-order chi connectivity index (χ0) is 22.1. The average molecular weight is 412 g/mol. The van der Waals surface area contributed by atoms with E-state index in [1.165, 1.54) is 57.4 Å². The number of aliphatic hydroxyl groups is 1. The van der Waals surface area contributed by atoms with Crippen LogP contribution in [-0.2, 0) is 14.3 Å². The third-order valence-electron chi connectivity index (χ3n) is 4.46. The molecule has 0 heterocycles. The molecule has 0 radical (unpaired) electrons. The number of quaternary nitrogens is 1. The molecule has 1 N–H and O–H groups in total. The van der Waals surface area contributed by atoms with Gasteiger partial charge in [0.2, 0.25) is 0 Å². The highest BCUT2D eigenvalue weighted by atomic mass is 16.5. The highest BCUT2D eigenvalue weighted by molar-refractivity contribution is 5.83. The van der Waals surface area contributed by atoms with E-state index in [1.807, 2.05) is 27.2 Å². The predicted octanol–water partition coefficient (Wildman–Crippen LogP) is 3.66. The summed E-state index contributed by atoms with van der Waals surface area (Å²) in [5.41, 5.74) is 0. The smallest absolute Gasteiger partial charge is 0.334 e. The normalized spacial score (nSPS) is 13.6. The first-order valence-corrected chi connectivity index (χ1v) is 10.9.